The number of rotatable bonds is 5. The van der Waals surface area contributed by atoms with Crippen LogP contribution in [0.2, 0.25) is 0 Å². The van der Waals surface area contributed by atoms with Gasteiger partial charge in [-0.3, -0.25) is 4.79 Å². The third-order valence-electron chi connectivity index (χ3n) is 2.58. The Kier molecular flexibility index (Phi) is 4.04. The van der Waals surface area contributed by atoms with Gasteiger partial charge in [-0.25, -0.2) is 0 Å². The van der Waals surface area contributed by atoms with Gasteiger partial charge >= 0.3 is 0 Å². The predicted molar refractivity (Wildman–Crippen MR) is 73.4 cm³/mol. The van der Waals surface area contributed by atoms with Crippen molar-refractivity contribution in [2.45, 2.75) is 12.8 Å². The Morgan fingerprint density at radius 1 is 1.31 bits per heavy atom. The third-order valence-corrected chi connectivity index (χ3v) is 3.30. The van der Waals surface area contributed by atoms with Gasteiger partial charge < -0.3 is 10.6 Å². The van der Waals surface area contributed by atoms with E-state index in [1.54, 1.807) is 0 Å². The van der Waals surface area contributed by atoms with Gasteiger partial charge in [-0.05, 0) is 65.6 Å². The molecule has 0 spiro atoms. The quantitative estimate of drug-likeness (QED) is 0.813. The monoisotopic (exact) mass is 330 g/mol. The first-order valence-electron chi connectivity index (χ1n) is 5.50. The molecule has 16 heavy (non-hydrogen) atoms. The molecule has 0 saturated heterocycles. The maximum absolute atomic E-state index is 11.4. The largest absolute Gasteiger partial charge is 0.376 e. The van der Waals surface area contributed by atoms with Crippen molar-refractivity contribution in [1.29, 1.82) is 0 Å². The molecule has 4 heteroatoms. The van der Waals surface area contributed by atoms with Crippen molar-refractivity contribution in [1.82, 2.24) is 5.32 Å². The summed E-state index contributed by atoms with van der Waals surface area (Å²) in [6.45, 7) is 1.19. The molecule has 0 radical (unpaired) electrons. The van der Waals surface area contributed by atoms with Gasteiger partial charge in [0.25, 0.3) is 0 Å². The summed E-state index contributed by atoms with van der Waals surface area (Å²) in [7, 11) is 0. The Hall–Kier alpha value is -0.780. The minimum Gasteiger partial charge on any atom is -0.376 e. The average Bonchev–Trinajstić information content (AvgIpc) is 3.09. The second-order valence-corrected chi connectivity index (χ2v) is 5.35. The average molecular weight is 330 g/mol. The zero-order valence-electron chi connectivity index (χ0n) is 9.00. The third kappa shape index (κ3) is 4.00. The highest BCUT2D eigenvalue weighted by molar-refractivity contribution is 14.1. The lowest BCUT2D eigenvalue weighted by molar-refractivity contribution is -0.119. The number of hydrogen-bond acceptors (Lipinski definition) is 2. The molecule has 1 aliphatic carbocycles. The lowest BCUT2D eigenvalue weighted by Gasteiger charge is -2.07. The smallest absolute Gasteiger partial charge is 0.239 e. The van der Waals surface area contributed by atoms with Gasteiger partial charge in [-0.1, -0.05) is 0 Å². The number of anilines is 1. The first kappa shape index (κ1) is 11.7. The van der Waals surface area contributed by atoms with Crippen LogP contribution in [0.1, 0.15) is 12.8 Å². The molecule has 2 rings (SSSR count). The van der Waals surface area contributed by atoms with Crippen LogP contribution in [0.25, 0.3) is 0 Å². The molecular formula is C12H15IN2O. The Morgan fingerprint density at radius 3 is 2.62 bits per heavy atom. The fraction of sp³-hybridized carbons (Fsp3) is 0.417. The number of hydrogen-bond donors (Lipinski definition) is 2. The molecule has 1 amide bonds. The highest BCUT2D eigenvalue weighted by atomic mass is 127. The van der Waals surface area contributed by atoms with Gasteiger partial charge in [0.05, 0.1) is 6.54 Å². The van der Waals surface area contributed by atoms with Crippen molar-refractivity contribution in [2.75, 3.05) is 18.4 Å². The number of halogens is 1. The minimum absolute atomic E-state index is 0.0745. The van der Waals surface area contributed by atoms with Crippen molar-refractivity contribution in [2.24, 2.45) is 5.92 Å². The number of carbonyl (C=O) groups excluding carboxylic acids is 1. The first-order chi connectivity index (χ1) is 7.74. The molecule has 1 aliphatic rings. The van der Waals surface area contributed by atoms with E-state index < -0.39 is 0 Å². The summed E-state index contributed by atoms with van der Waals surface area (Å²) in [5.74, 6) is 0.813. The zero-order valence-corrected chi connectivity index (χ0v) is 11.2. The van der Waals surface area contributed by atoms with Crippen molar-refractivity contribution in [3.8, 4) is 0 Å². The number of nitrogens with one attached hydrogen (secondary N) is 2. The number of benzene rings is 1. The van der Waals surface area contributed by atoms with E-state index in [0.29, 0.717) is 6.54 Å². The van der Waals surface area contributed by atoms with Gasteiger partial charge in [0.15, 0.2) is 0 Å². The second-order valence-electron chi connectivity index (χ2n) is 4.11. The van der Waals surface area contributed by atoms with Crippen LogP contribution in [0.5, 0.6) is 0 Å². The van der Waals surface area contributed by atoms with Crippen LogP contribution in [0.4, 0.5) is 5.69 Å². The topological polar surface area (TPSA) is 41.1 Å². The molecule has 1 aromatic carbocycles. The summed E-state index contributed by atoms with van der Waals surface area (Å²) >= 11 is 2.26. The van der Waals surface area contributed by atoms with Crippen LogP contribution >= 0.6 is 22.6 Å². The molecule has 1 fully saturated rings. The summed E-state index contributed by atoms with van der Waals surface area (Å²) in [5.41, 5.74) is 0.988. The van der Waals surface area contributed by atoms with Crippen molar-refractivity contribution >= 4 is 34.2 Å². The molecule has 3 nitrogen and oxygen atoms in total. The van der Waals surface area contributed by atoms with E-state index in [-0.39, 0.29) is 5.91 Å². The van der Waals surface area contributed by atoms with E-state index in [2.05, 4.69) is 33.2 Å². The van der Waals surface area contributed by atoms with Gasteiger partial charge in [-0.2, -0.15) is 0 Å². The van der Waals surface area contributed by atoms with Gasteiger partial charge in [0.1, 0.15) is 0 Å². The highest BCUT2D eigenvalue weighted by Crippen LogP contribution is 2.27. The fourth-order valence-electron chi connectivity index (χ4n) is 1.39. The number of amides is 1. The summed E-state index contributed by atoms with van der Waals surface area (Å²) in [5, 5.41) is 6.02. The maximum Gasteiger partial charge on any atom is 0.239 e. The summed E-state index contributed by atoms with van der Waals surface area (Å²) < 4.78 is 1.20. The first-order valence-corrected chi connectivity index (χ1v) is 6.58. The van der Waals surface area contributed by atoms with Crippen molar-refractivity contribution in [3.05, 3.63) is 27.8 Å². The van der Waals surface area contributed by atoms with Gasteiger partial charge in [-0.15, -0.1) is 0 Å². The Morgan fingerprint density at radius 2 is 2.00 bits per heavy atom. The summed E-state index contributed by atoms with van der Waals surface area (Å²) in [4.78, 5) is 11.4. The molecule has 2 N–H and O–H groups in total. The highest BCUT2D eigenvalue weighted by Gasteiger charge is 2.21. The SMILES string of the molecule is O=C(CNc1ccc(I)cc1)NCC1CC1. The zero-order chi connectivity index (χ0) is 11.4. The van der Waals surface area contributed by atoms with Crippen LogP contribution < -0.4 is 10.6 Å². The maximum atomic E-state index is 11.4. The van der Waals surface area contributed by atoms with Gasteiger partial charge in [0.2, 0.25) is 5.91 Å². The normalized spacial score (nSPS) is 14.6. The van der Waals surface area contributed by atoms with Crippen molar-refractivity contribution in [3.63, 3.8) is 0 Å². The molecule has 0 bridgehead atoms. The Bertz CT molecular complexity index is 360. The molecule has 1 saturated carbocycles. The van der Waals surface area contributed by atoms with Crippen LogP contribution in [0.15, 0.2) is 24.3 Å². The second kappa shape index (κ2) is 5.52. The number of carbonyl (C=O) groups is 1. The van der Waals surface area contributed by atoms with Crippen LogP contribution in [-0.2, 0) is 4.79 Å². The minimum atomic E-state index is 0.0745. The van der Waals surface area contributed by atoms with E-state index in [1.165, 1.54) is 16.4 Å². The summed E-state index contributed by atoms with van der Waals surface area (Å²) in [6, 6.07) is 8.00. The Balaban J connectivity index is 1.69. The molecular weight excluding hydrogens is 315 g/mol. The van der Waals surface area contributed by atoms with Crippen molar-refractivity contribution < 1.29 is 4.79 Å². The molecule has 1 aromatic rings. The molecule has 0 atom stereocenters. The molecule has 86 valence electrons. The standard InChI is InChI=1S/C12H15IN2O/c13-10-3-5-11(6-4-10)14-8-12(16)15-7-9-1-2-9/h3-6,9,14H,1-2,7-8H2,(H,15,16). The predicted octanol–water partition coefficient (Wildman–Crippen LogP) is 2.23. The van der Waals surface area contributed by atoms with Crippen LogP contribution in [0, 0.1) is 9.49 Å². The van der Waals surface area contributed by atoms with Gasteiger partial charge in [0, 0.05) is 15.8 Å². The molecule has 0 aliphatic heterocycles. The summed E-state index contributed by atoms with van der Waals surface area (Å²) in [6.07, 6.45) is 2.54. The molecule has 0 heterocycles. The lowest BCUT2D eigenvalue weighted by atomic mass is 10.3. The van der Waals surface area contributed by atoms with E-state index in [0.717, 1.165) is 18.2 Å². The Labute approximate surface area is 109 Å². The van der Waals surface area contributed by atoms with E-state index >= 15 is 0 Å². The molecule has 0 aromatic heterocycles. The lowest BCUT2D eigenvalue weighted by Crippen LogP contribution is -2.31. The van der Waals surface area contributed by atoms with Crippen LogP contribution in [-0.4, -0.2) is 19.0 Å². The van der Waals surface area contributed by atoms with E-state index in [1.807, 2.05) is 24.3 Å². The molecule has 0 unspecified atom stereocenters. The fourth-order valence-corrected chi connectivity index (χ4v) is 1.75. The van der Waals surface area contributed by atoms with E-state index in [9.17, 15) is 4.79 Å². The van der Waals surface area contributed by atoms with Crippen LogP contribution in [0.3, 0.4) is 0 Å². The van der Waals surface area contributed by atoms with E-state index in [4.69, 9.17) is 0 Å².